The van der Waals surface area contributed by atoms with E-state index in [0.717, 1.165) is 17.1 Å². The Kier molecular flexibility index (Phi) is 6.06. The zero-order valence-electron chi connectivity index (χ0n) is 19.0. The zero-order chi connectivity index (χ0) is 23.7. The number of rotatable bonds is 4. The van der Waals surface area contributed by atoms with E-state index in [0.29, 0.717) is 61.8 Å². The van der Waals surface area contributed by atoms with Crippen LogP contribution >= 0.6 is 0 Å². The van der Waals surface area contributed by atoms with E-state index >= 15 is 0 Å². The van der Waals surface area contributed by atoms with Gasteiger partial charge in [-0.2, -0.15) is 0 Å². The summed E-state index contributed by atoms with van der Waals surface area (Å²) in [6.45, 7) is 4.22. The maximum atomic E-state index is 14.8. The predicted octanol–water partition coefficient (Wildman–Crippen LogP) is 4.27. The SMILES string of the molecule is Cc1ccc(N2CCOc3c(C(=O)Nc4ccc(N5CCC(O)CC5)c(F)c4)cccc32)nc1. The molecule has 2 aliphatic rings. The van der Waals surface area contributed by atoms with Gasteiger partial charge in [-0.05, 0) is 61.7 Å². The van der Waals surface area contributed by atoms with Crippen molar-refractivity contribution >= 4 is 28.8 Å². The summed E-state index contributed by atoms with van der Waals surface area (Å²) in [5.74, 6) is 0.495. The van der Waals surface area contributed by atoms with Gasteiger partial charge in [0, 0.05) is 25.0 Å². The van der Waals surface area contributed by atoms with E-state index in [-0.39, 0.29) is 12.0 Å². The Balaban J connectivity index is 1.36. The third-order valence-corrected chi connectivity index (χ3v) is 6.27. The van der Waals surface area contributed by atoms with Gasteiger partial charge in [-0.3, -0.25) is 4.79 Å². The number of aliphatic hydroxyl groups excluding tert-OH is 1. The number of halogens is 1. The van der Waals surface area contributed by atoms with Crippen molar-refractivity contribution in [2.45, 2.75) is 25.9 Å². The maximum Gasteiger partial charge on any atom is 0.259 e. The van der Waals surface area contributed by atoms with Crippen LogP contribution in [0.25, 0.3) is 0 Å². The molecule has 0 bridgehead atoms. The molecule has 34 heavy (non-hydrogen) atoms. The van der Waals surface area contributed by atoms with E-state index in [1.54, 1.807) is 24.3 Å². The third kappa shape index (κ3) is 4.41. The van der Waals surface area contributed by atoms with Crippen molar-refractivity contribution in [1.82, 2.24) is 4.98 Å². The first-order valence-corrected chi connectivity index (χ1v) is 11.5. The van der Waals surface area contributed by atoms with Gasteiger partial charge in [0.1, 0.15) is 18.2 Å². The molecule has 5 rings (SSSR count). The second-order valence-electron chi connectivity index (χ2n) is 8.69. The monoisotopic (exact) mass is 462 g/mol. The highest BCUT2D eigenvalue weighted by Gasteiger charge is 2.26. The number of anilines is 4. The molecular formula is C26H27FN4O3. The Morgan fingerprint density at radius 2 is 1.94 bits per heavy atom. The number of amides is 1. The number of benzene rings is 2. The van der Waals surface area contributed by atoms with E-state index in [4.69, 9.17) is 4.74 Å². The van der Waals surface area contributed by atoms with Gasteiger partial charge in [-0.15, -0.1) is 0 Å². The minimum Gasteiger partial charge on any atom is -0.489 e. The highest BCUT2D eigenvalue weighted by atomic mass is 19.1. The normalized spacial score (nSPS) is 16.1. The Bertz CT molecular complexity index is 1190. The molecule has 1 aromatic heterocycles. The number of hydrogen-bond donors (Lipinski definition) is 2. The summed E-state index contributed by atoms with van der Waals surface area (Å²) in [5, 5.41) is 12.5. The molecule has 2 aromatic carbocycles. The molecule has 176 valence electrons. The fourth-order valence-corrected chi connectivity index (χ4v) is 4.43. The number of carbonyl (C=O) groups is 1. The van der Waals surface area contributed by atoms with Gasteiger partial charge >= 0.3 is 0 Å². The summed E-state index contributed by atoms with van der Waals surface area (Å²) in [6, 6.07) is 14.0. The third-order valence-electron chi connectivity index (χ3n) is 6.27. The summed E-state index contributed by atoms with van der Waals surface area (Å²) >= 11 is 0. The predicted molar refractivity (Wildman–Crippen MR) is 130 cm³/mol. The van der Waals surface area contributed by atoms with Crippen LogP contribution in [0.3, 0.4) is 0 Å². The van der Waals surface area contributed by atoms with Crippen LogP contribution in [0.15, 0.2) is 54.7 Å². The number of para-hydroxylation sites is 1. The smallest absolute Gasteiger partial charge is 0.259 e. The van der Waals surface area contributed by atoms with Gasteiger partial charge in [0.05, 0.1) is 29.6 Å². The average molecular weight is 463 g/mol. The lowest BCUT2D eigenvalue weighted by atomic mass is 10.1. The van der Waals surface area contributed by atoms with E-state index in [1.807, 2.05) is 41.1 Å². The van der Waals surface area contributed by atoms with Gasteiger partial charge in [-0.25, -0.2) is 9.37 Å². The summed E-state index contributed by atoms with van der Waals surface area (Å²) in [6.07, 6.45) is 2.72. The second kappa shape index (κ2) is 9.30. The fraction of sp³-hybridized carbons (Fsp3) is 0.308. The fourth-order valence-electron chi connectivity index (χ4n) is 4.43. The van der Waals surface area contributed by atoms with Crippen molar-refractivity contribution in [3.63, 3.8) is 0 Å². The van der Waals surface area contributed by atoms with Crippen molar-refractivity contribution in [3.05, 3.63) is 71.7 Å². The number of hydrogen-bond acceptors (Lipinski definition) is 6. The number of carbonyl (C=O) groups excluding carboxylic acids is 1. The molecule has 0 spiro atoms. The van der Waals surface area contributed by atoms with Crippen molar-refractivity contribution in [1.29, 1.82) is 0 Å². The van der Waals surface area contributed by atoms with E-state index < -0.39 is 5.82 Å². The van der Waals surface area contributed by atoms with Crippen LogP contribution < -0.4 is 19.9 Å². The van der Waals surface area contributed by atoms with Crippen molar-refractivity contribution in [2.24, 2.45) is 0 Å². The average Bonchev–Trinajstić information content (AvgIpc) is 2.85. The largest absolute Gasteiger partial charge is 0.489 e. The highest BCUT2D eigenvalue weighted by Crippen LogP contribution is 2.38. The second-order valence-corrected chi connectivity index (χ2v) is 8.69. The van der Waals surface area contributed by atoms with Crippen LogP contribution in [0.4, 0.5) is 27.3 Å². The van der Waals surface area contributed by atoms with Crippen molar-refractivity contribution in [2.75, 3.05) is 41.4 Å². The molecule has 8 heteroatoms. The lowest BCUT2D eigenvalue weighted by Crippen LogP contribution is -2.36. The number of pyridine rings is 1. The van der Waals surface area contributed by atoms with Gasteiger partial charge in [0.2, 0.25) is 0 Å². The first-order chi connectivity index (χ1) is 16.5. The minimum atomic E-state index is -0.405. The molecule has 1 amide bonds. The molecule has 0 saturated carbocycles. The van der Waals surface area contributed by atoms with E-state index in [1.165, 1.54) is 6.07 Å². The topological polar surface area (TPSA) is 77.9 Å². The van der Waals surface area contributed by atoms with Crippen LogP contribution in [0, 0.1) is 12.7 Å². The van der Waals surface area contributed by atoms with Gasteiger partial charge in [0.25, 0.3) is 5.91 Å². The molecule has 7 nitrogen and oxygen atoms in total. The number of aliphatic hydroxyl groups is 1. The summed E-state index contributed by atoms with van der Waals surface area (Å²) in [7, 11) is 0. The van der Waals surface area contributed by atoms with Gasteiger partial charge in [-0.1, -0.05) is 12.1 Å². The molecule has 2 aliphatic heterocycles. The summed E-state index contributed by atoms with van der Waals surface area (Å²) in [4.78, 5) is 21.6. The van der Waals surface area contributed by atoms with Crippen molar-refractivity contribution in [3.8, 4) is 5.75 Å². The number of aryl methyl sites for hydroxylation is 1. The molecule has 0 unspecified atom stereocenters. The lowest BCUT2D eigenvalue weighted by Gasteiger charge is -2.32. The van der Waals surface area contributed by atoms with Crippen LogP contribution in [-0.2, 0) is 0 Å². The number of nitrogens with one attached hydrogen (secondary N) is 1. The van der Waals surface area contributed by atoms with Gasteiger partial charge < -0.3 is 25.0 Å². The number of nitrogens with zero attached hydrogens (tertiary/aromatic N) is 3. The van der Waals surface area contributed by atoms with E-state index in [2.05, 4.69) is 10.3 Å². The molecule has 1 saturated heterocycles. The number of aromatic nitrogens is 1. The number of piperidine rings is 1. The molecule has 0 atom stereocenters. The van der Waals surface area contributed by atoms with Crippen LogP contribution in [0.1, 0.15) is 28.8 Å². The molecule has 3 aromatic rings. The van der Waals surface area contributed by atoms with Gasteiger partial charge in [0.15, 0.2) is 5.75 Å². The van der Waals surface area contributed by atoms with E-state index in [9.17, 15) is 14.3 Å². The molecule has 2 N–H and O–H groups in total. The molecular weight excluding hydrogens is 435 g/mol. The summed E-state index contributed by atoms with van der Waals surface area (Å²) < 4.78 is 20.7. The molecule has 0 aliphatic carbocycles. The highest BCUT2D eigenvalue weighted by molar-refractivity contribution is 6.07. The lowest BCUT2D eigenvalue weighted by molar-refractivity contribution is 0.102. The first kappa shape index (κ1) is 22.2. The maximum absolute atomic E-state index is 14.8. The standard InChI is InChI=1S/C26H27FN4O3/c1-17-5-8-24(28-16-17)31-13-14-34-25-20(3-2-4-23(25)31)26(33)29-18-6-7-22(21(27)15-18)30-11-9-19(32)10-12-30/h2-8,15-16,19,32H,9-14H2,1H3,(H,29,33). The molecule has 3 heterocycles. The Hall–Kier alpha value is -3.65. The summed E-state index contributed by atoms with van der Waals surface area (Å²) in [5.41, 5.74) is 3.06. The zero-order valence-corrected chi connectivity index (χ0v) is 19.0. The Morgan fingerprint density at radius 1 is 1.12 bits per heavy atom. The number of ether oxygens (including phenoxy) is 1. The molecule has 1 fully saturated rings. The van der Waals surface area contributed by atoms with Crippen LogP contribution in [-0.4, -0.2) is 48.3 Å². The van der Waals surface area contributed by atoms with Crippen molar-refractivity contribution < 1.29 is 19.0 Å². The Morgan fingerprint density at radius 3 is 2.68 bits per heavy atom. The number of fused-ring (bicyclic) bond motifs is 1. The Labute approximate surface area is 197 Å². The van der Waals surface area contributed by atoms with Crippen LogP contribution in [0.5, 0.6) is 5.75 Å². The quantitative estimate of drug-likeness (QED) is 0.603. The van der Waals surface area contributed by atoms with Crippen LogP contribution in [0.2, 0.25) is 0 Å². The first-order valence-electron chi connectivity index (χ1n) is 11.5. The minimum absolute atomic E-state index is 0.324. The molecule has 0 radical (unpaired) electrons.